The Bertz CT molecular complexity index is 658. The molecule has 0 unspecified atom stereocenters. The van der Waals surface area contributed by atoms with Crippen molar-refractivity contribution in [2.24, 2.45) is 0 Å². The van der Waals surface area contributed by atoms with Crippen molar-refractivity contribution < 1.29 is 29.2 Å². The Morgan fingerprint density at radius 1 is 1.07 bits per heavy atom. The van der Waals surface area contributed by atoms with Crippen LogP contribution in [-0.2, 0) is 14.2 Å². The fourth-order valence-electron chi connectivity index (χ4n) is 4.11. The molecule has 1 aromatic rings. The van der Waals surface area contributed by atoms with E-state index in [1.807, 2.05) is 12.1 Å². The first-order valence-electron chi connectivity index (χ1n) is 9.78. The minimum Gasteiger partial charge on any atom is -0.484 e. The van der Waals surface area contributed by atoms with Gasteiger partial charge in [-0.1, -0.05) is 38.3 Å². The molecule has 2 N–H and O–H groups in total. The van der Waals surface area contributed by atoms with Gasteiger partial charge in [0.05, 0.1) is 11.7 Å². The fraction of sp³-hybridized carbons (Fsp3) is 0.714. The lowest BCUT2D eigenvalue weighted by Crippen LogP contribution is -2.49. The van der Waals surface area contributed by atoms with Crippen molar-refractivity contribution in [3.8, 4) is 5.75 Å². The first-order valence-corrected chi connectivity index (χ1v) is 9.78. The molecule has 0 spiro atoms. The molecule has 0 bridgehead atoms. The number of rotatable bonds is 6. The molecule has 5 atom stereocenters. The largest absolute Gasteiger partial charge is 0.484 e. The second-order valence-electron chi connectivity index (χ2n) is 7.98. The third kappa shape index (κ3) is 3.61. The lowest BCUT2D eigenvalue weighted by molar-refractivity contribution is -0.207. The molecule has 6 heteroatoms. The summed E-state index contributed by atoms with van der Waals surface area (Å²) in [5.41, 5.74) is 1.31. The number of aliphatic hydroxyl groups is 2. The van der Waals surface area contributed by atoms with E-state index in [9.17, 15) is 10.2 Å². The van der Waals surface area contributed by atoms with Crippen LogP contribution in [0.4, 0.5) is 0 Å². The van der Waals surface area contributed by atoms with E-state index in [2.05, 4.69) is 6.92 Å². The van der Waals surface area contributed by atoms with Crippen LogP contribution in [0.3, 0.4) is 0 Å². The van der Waals surface area contributed by atoms with E-state index < -0.39 is 24.1 Å². The van der Waals surface area contributed by atoms with Crippen LogP contribution >= 0.6 is 0 Å². The molecule has 0 aromatic heterocycles. The average molecular weight is 380 g/mol. The predicted octanol–water partition coefficient (Wildman–Crippen LogP) is 3.56. The van der Waals surface area contributed by atoms with Crippen LogP contribution in [0.2, 0.25) is 0 Å². The number of ether oxygens (including phenoxy) is 4. The number of aliphatic hydroxyl groups excluding tert-OH is 2. The van der Waals surface area contributed by atoms with Crippen molar-refractivity contribution in [1.82, 2.24) is 0 Å². The molecule has 1 aromatic carbocycles. The molecular weight excluding hydrogens is 348 g/mol. The van der Waals surface area contributed by atoms with Crippen LogP contribution in [0, 0.1) is 0 Å². The fourth-order valence-corrected chi connectivity index (χ4v) is 4.11. The molecule has 0 fully saturated rings. The van der Waals surface area contributed by atoms with Crippen LogP contribution in [0.5, 0.6) is 5.75 Å². The van der Waals surface area contributed by atoms with Gasteiger partial charge in [0.25, 0.3) is 0 Å². The lowest BCUT2D eigenvalue weighted by Gasteiger charge is -2.44. The Morgan fingerprint density at radius 3 is 2.41 bits per heavy atom. The third-order valence-corrected chi connectivity index (χ3v) is 5.69. The molecule has 0 radical (unpaired) electrons. The Labute approximate surface area is 161 Å². The van der Waals surface area contributed by atoms with Gasteiger partial charge in [0.15, 0.2) is 6.29 Å². The quantitative estimate of drug-likeness (QED) is 0.735. The van der Waals surface area contributed by atoms with Gasteiger partial charge < -0.3 is 29.2 Å². The van der Waals surface area contributed by atoms with E-state index in [1.54, 1.807) is 28.1 Å². The molecule has 2 aliphatic rings. The van der Waals surface area contributed by atoms with Gasteiger partial charge in [-0.3, -0.25) is 0 Å². The molecule has 0 amide bonds. The minimum atomic E-state index is -1.03. The van der Waals surface area contributed by atoms with Crippen LogP contribution in [0.15, 0.2) is 12.1 Å². The minimum absolute atomic E-state index is 0.107. The zero-order chi connectivity index (χ0) is 19.8. The van der Waals surface area contributed by atoms with E-state index in [1.165, 1.54) is 0 Å². The highest BCUT2D eigenvalue weighted by atomic mass is 16.7. The Hall–Kier alpha value is -1.18. The molecular formula is C21H32O6. The number of benzene rings is 1. The summed E-state index contributed by atoms with van der Waals surface area (Å²) in [6, 6.07) is 3.74. The van der Waals surface area contributed by atoms with E-state index in [0.717, 1.165) is 36.8 Å². The monoisotopic (exact) mass is 380 g/mol. The Morgan fingerprint density at radius 2 is 1.78 bits per heavy atom. The number of fused-ring (bicyclic) bond motifs is 3. The van der Waals surface area contributed by atoms with Crippen LogP contribution in [0.25, 0.3) is 0 Å². The first-order chi connectivity index (χ1) is 12.9. The molecule has 27 heavy (non-hydrogen) atoms. The zero-order valence-electron chi connectivity index (χ0n) is 16.9. The highest BCUT2D eigenvalue weighted by molar-refractivity contribution is 5.52. The molecule has 0 saturated heterocycles. The Balaban J connectivity index is 2.05. The number of hydrogen-bond donors (Lipinski definition) is 2. The van der Waals surface area contributed by atoms with Gasteiger partial charge in [0.2, 0.25) is 0 Å². The highest BCUT2D eigenvalue weighted by Crippen LogP contribution is 2.50. The van der Waals surface area contributed by atoms with E-state index in [4.69, 9.17) is 18.9 Å². The van der Waals surface area contributed by atoms with Gasteiger partial charge in [-0.15, -0.1) is 0 Å². The number of hydrogen-bond acceptors (Lipinski definition) is 6. The summed E-state index contributed by atoms with van der Waals surface area (Å²) in [6.07, 6.45) is 1.24. The molecule has 2 aliphatic heterocycles. The van der Waals surface area contributed by atoms with Crippen LogP contribution in [0.1, 0.15) is 81.6 Å². The third-order valence-electron chi connectivity index (χ3n) is 5.69. The Kier molecular flexibility index (Phi) is 6.13. The number of unbranched alkanes of at least 4 members (excludes halogenated alkanes) is 2. The first kappa shape index (κ1) is 20.6. The standard InChI is InChI=1S/C21H32O6/c1-6-7-8-9-14-17(24-4)12-10-11-13-16(22)19(23)21(2,3)27-18(13)15(12)20(25-5)26-14/h10-11,14,16-17,19-20,22-23H,6-9H2,1-5H3/t14-,16+,17-,19+,20+/m0/s1. The maximum absolute atomic E-state index is 10.6. The summed E-state index contributed by atoms with van der Waals surface area (Å²) < 4.78 is 23.8. The van der Waals surface area contributed by atoms with Crippen molar-refractivity contribution in [3.63, 3.8) is 0 Å². The van der Waals surface area contributed by atoms with Gasteiger partial charge in [0, 0.05) is 19.8 Å². The molecule has 2 heterocycles. The molecule has 0 saturated carbocycles. The normalized spacial score (nSPS) is 31.7. The van der Waals surface area contributed by atoms with Gasteiger partial charge in [-0.25, -0.2) is 0 Å². The van der Waals surface area contributed by atoms with Crippen molar-refractivity contribution in [1.29, 1.82) is 0 Å². The summed E-state index contributed by atoms with van der Waals surface area (Å²) in [4.78, 5) is 0. The van der Waals surface area contributed by atoms with Crippen molar-refractivity contribution in [2.45, 2.75) is 82.8 Å². The van der Waals surface area contributed by atoms with Gasteiger partial charge >= 0.3 is 0 Å². The van der Waals surface area contributed by atoms with Gasteiger partial charge in [0.1, 0.15) is 29.7 Å². The summed E-state index contributed by atoms with van der Waals surface area (Å²) in [5, 5.41) is 21.0. The lowest BCUT2D eigenvalue weighted by atomic mass is 9.83. The second-order valence-corrected chi connectivity index (χ2v) is 7.98. The van der Waals surface area contributed by atoms with Crippen LogP contribution in [-0.4, -0.2) is 42.2 Å². The second kappa shape index (κ2) is 8.05. The summed E-state index contributed by atoms with van der Waals surface area (Å²) in [6.45, 7) is 5.69. The number of methoxy groups -OCH3 is 2. The topological polar surface area (TPSA) is 77.4 Å². The SMILES string of the molecule is CCCCC[C@@H]1O[C@@H](OC)c2c(ccc3c2OC(C)(C)[C@H](O)[C@@H]3O)[C@@H]1OC. The molecule has 0 aliphatic carbocycles. The smallest absolute Gasteiger partial charge is 0.187 e. The highest BCUT2D eigenvalue weighted by Gasteiger charge is 2.46. The van der Waals surface area contributed by atoms with E-state index >= 15 is 0 Å². The molecule has 3 rings (SSSR count). The molecule has 6 nitrogen and oxygen atoms in total. The van der Waals surface area contributed by atoms with E-state index in [-0.39, 0.29) is 12.2 Å². The summed E-state index contributed by atoms with van der Waals surface area (Å²) in [7, 11) is 3.28. The average Bonchev–Trinajstić information content (AvgIpc) is 2.65. The molecule has 152 valence electrons. The summed E-state index contributed by atoms with van der Waals surface area (Å²) >= 11 is 0. The van der Waals surface area contributed by atoms with Gasteiger partial charge in [-0.2, -0.15) is 0 Å². The van der Waals surface area contributed by atoms with Crippen molar-refractivity contribution in [2.75, 3.05) is 14.2 Å². The van der Waals surface area contributed by atoms with Crippen LogP contribution < -0.4 is 4.74 Å². The zero-order valence-corrected chi connectivity index (χ0v) is 16.9. The van der Waals surface area contributed by atoms with E-state index in [0.29, 0.717) is 11.3 Å². The van der Waals surface area contributed by atoms with Crippen molar-refractivity contribution >= 4 is 0 Å². The summed E-state index contributed by atoms with van der Waals surface area (Å²) in [5.74, 6) is 0.524. The maximum atomic E-state index is 10.6. The predicted molar refractivity (Wildman–Crippen MR) is 101 cm³/mol. The maximum Gasteiger partial charge on any atom is 0.187 e. The van der Waals surface area contributed by atoms with Gasteiger partial charge in [-0.05, 0) is 25.8 Å². The van der Waals surface area contributed by atoms with Crippen molar-refractivity contribution in [3.05, 3.63) is 28.8 Å².